The average Bonchev–Trinajstić information content (AvgIpc) is 3.60. The molecule has 7 aromatic rings. The predicted molar refractivity (Wildman–Crippen MR) is 249 cm³/mol. The van der Waals surface area contributed by atoms with Crippen molar-refractivity contribution in [2.24, 2.45) is 7.05 Å². The van der Waals surface area contributed by atoms with Gasteiger partial charge in [-0.15, -0.1) is 0 Å². The fraction of sp³-hybridized carbons (Fsp3) is 0.208. The lowest BCUT2D eigenvalue weighted by molar-refractivity contribution is -0.132. The number of hydrogen-bond donors (Lipinski definition) is 1. The predicted octanol–water partition coefficient (Wildman–Crippen LogP) is 13.6. The van der Waals surface area contributed by atoms with E-state index in [2.05, 4.69) is 172 Å². The first-order chi connectivity index (χ1) is 28.6. The van der Waals surface area contributed by atoms with Gasteiger partial charge in [0.2, 0.25) is 0 Å². The molecule has 7 heteroatoms. The number of carboxylic acids is 1. The van der Waals surface area contributed by atoms with Crippen LogP contribution in [0.25, 0.3) is 55.9 Å². The number of aromatic nitrogens is 1. The lowest BCUT2D eigenvalue weighted by Gasteiger charge is -2.26. The van der Waals surface area contributed by atoms with Crippen LogP contribution in [0.3, 0.4) is 0 Å². The number of aliphatic carboxylic acids is 1. The minimum atomic E-state index is -1.24. The zero-order valence-electron chi connectivity index (χ0n) is 35.8. The van der Waals surface area contributed by atoms with Crippen LogP contribution in [-0.2, 0) is 22.7 Å². The van der Waals surface area contributed by atoms with Crippen LogP contribution in [0.5, 0.6) is 11.5 Å². The molecule has 0 saturated carbocycles. The molecule has 0 saturated heterocycles. The molecule has 7 nitrogen and oxygen atoms in total. The lowest BCUT2D eigenvalue weighted by Crippen LogP contribution is -2.12. The number of anilines is 3. The molecule has 60 heavy (non-hydrogen) atoms. The number of carbonyl (C=O) groups is 1. The Hall–Kier alpha value is -7.04. The second-order valence-electron chi connectivity index (χ2n) is 17.1. The van der Waals surface area contributed by atoms with Crippen LogP contribution in [0, 0.1) is 6.57 Å². The largest absolute Gasteiger partial charge is 0.497 e. The Morgan fingerprint density at radius 2 is 1.15 bits per heavy atom. The number of ether oxygens (including phenoxy) is 2. The molecule has 0 amide bonds. The van der Waals surface area contributed by atoms with Gasteiger partial charge >= 0.3 is 5.97 Å². The van der Waals surface area contributed by atoms with Gasteiger partial charge in [0, 0.05) is 41.1 Å². The molecule has 0 fully saturated rings. The van der Waals surface area contributed by atoms with Gasteiger partial charge in [0.25, 0.3) is 5.70 Å². The van der Waals surface area contributed by atoms with Gasteiger partial charge in [-0.05, 0) is 146 Å². The van der Waals surface area contributed by atoms with E-state index in [1.165, 1.54) is 0 Å². The van der Waals surface area contributed by atoms with E-state index in [9.17, 15) is 9.90 Å². The molecule has 6 aromatic carbocycles. The molecule has 1 N–H and O–H groups in total. The van der Waals surface area contributed by atoms with Gasteiger partial charge in [-0.1, -0.05) is 90.1 Å². The summed E-state index contributed by atoms with van der Waals surface area (Å²) in [6, 6.07) is 41.8. The molecule has 0 spiro atoms. The number of hydrogen-bond acceptors (Lipinski definition) is 4. The Bertz CT molecular complexity index is 2780. The van der Waals surface area contributed by atoms with E-state index >= 15 is 0 Å². The second kappa shape index (κ2) is 16.3. The zero-order valence-corrected chi connectivity index (χ0v) is 35.8. The number of benzene rings is 6. The Labute approximate surface area is 353 Å². The van der Waals surface area contributed by atoms with E-state index < -0.39 is 5.97 Å². The maximum absolute atomic E-state index is 12.2. The van der Waals surface area contributed by atoms with Gasteiger partial charge < -0.3 is 24.0 Å². The molecular weight excluding hydrogens is 743 g/mol. The van der Waals surface area contributed by atoms with E-state index in [0.29, 0.717) is 0 Å². The van der Waals surface area contributed by atoms with E-state index in [4.69, 9.17) is 16.0 Å². The molecule has 0 radical (unpaired) electrons. The molecule has 0 aliphatic heterocycles. The number of rotatable bonds is 10. The monoisotopic (exact) mass is 793 g/mol. The van der Waals surface area contributed by atoms with Crippen LogP contribution in [-0.4, -0.2) is 29.9 Å². The maximum atomic E-state index is 12.2. The van der Waals surface area contributed by atoms with Crippen molar-refractivity contribution >= 4 is 62.8 Å². The second-order valence-corrected chi connectivity index (χ2v) is 17.1. The van der Waals surface area contributed by atoms with Gasteiger partial charge in [0.05, 0.1) is 20.8 Å². The smallest absolute Gasteiger partial charge is 0.333 e. The maximum Gasteiger partial charge on any atom is 0.333 e. The first-order valence-corrected chi connectivity index (χ1v) is 20.0. The fourth-order valence-corrected chi connectivity index (χ4v) is 7.68. The first kappa shape index (κ1) is 41.1. The molecule has 0 aliphatic rings. The van der Waals surface area contributed by atoms with Gasteiger partial charge in [-0.3, -0.25) is 4.79 Å². The van der Waals surface area contributed by atoms with E-state index in [1.807, 2.05) is 24.3 Å². The molecule has 0 atom stereocenters. The van der Waals surface area contributed by atoms with Gasteiger partial charge in [-0.25, -0.2) is 4.85 Å². The fourth-order valence-electron chi connectivity index (χ4n) is 7.68. The highest BCUT2D eigenvalue weighted by atomic mass is 16.5. The summed E-state index contributed by atoms with van der Waals surface area (Å²) in [4.78, 5) is 17.8. The molecule has 0 bridgehead atoms. The van der Waals surface area contributed by atoms with E-state index in [1.54, 1.807) is 20.3 Å². The van der Waals surface area contributed by atoms with Crippen molar-refractivity contribution in [3.05, 3.63) is 166 Å². The van der Waals surface area contributed by atoms with Crippen LogP contribution in [0.2, 0.25) is 0 Å². The highest BCUT2D eigenvalue weighted by Crippen LogP contribution is 2.44. The number of methoxy groups -OCH3 is 2. The molecule has 0 unspecified atom stereocenters. The highest BCUT2D eigenvalue weighted by Gasteiger charge is 2.23. The van der Waals surface area contributed by atoms with Crippen LogP contribution < -0.4 is 14.4 Å². The third kappa shape index (κ3) is 8.15. The highest BCUT2D eigenvalue weighted by molar-refractivity contribution is 6.18. The van der Waals surface area contributed by atoms with Crippen LogP contribution in [0.1, 0.15) is 69.5 Å². The van der Waals surface area contributed by atoms with Crippen molar-refractivity contribution in [2.75, 3.05) is 19.1 Å². The number of carboxylic acid groups (broad SMARTS) is 1. The Kier molecular flexibility index (Phi) is 11.2. The molecular formula is C53H51N3O4. The Balaban J connectivity index is 1.33. The first-order valence-electron chi connectivity index (χ1n) is 20.0. The summed E-state index contributed by atoms with van der Waals surface area (Å²) < 4.78 is 13.1. The summed E-state index contributed by atoms with van der Waals surface area (Å²) in [5.41, 5.74) is 9.60. The SMILES string of the molecule is [C-]#[N+]/C(=C\c1c2cc(C(C)(C)C)ccc2c(-c2ccc(/C=C/c3ccc(N(c4ccc(OC)cc4)c4ccc(OC)cc4)cc3)n2C)c2cc(C(C)(C)C)ccc12)C(=O)O. The zero-order chi connectivity index (χ0) is 42.9. The molecule has 7 rings (SSSR count). The van der Waals surface area contributed by atoms with Crippen LogP contribution in [0.4, 0.5) is 17.1 Å². The van der Waals surface area contributed by atoms with Crippen LogP contribution in [0.15, 0.2) is 127 Å². The quantitative estimate of drug-likeness (QED) is 0.0848. The summed E-state index contributed by atoms with van der Waals surface area (Å²) in [5, 5.41) is 13.8. The van der Waals surface area contributed by atoms with Gasteiger partial charge in [-0.2, -0.15) is 0 Å². The summed E-state index contributed by atoms with van der Waals surface area (Å²) >= 11 is 0. The molecule has 1 heterocycles. The Morgan fingerprint density at radius 1 is 0.650 bits per heavy atom. The van der Waals surface area contributed by atoms with Gasteiger partial charge in [0.15, 0.2) is 0 Å². The normalized spacial score (nSPS) is 12.2. The standard InChI is InChI=1S/C53H51N3O4/c1-52(2,3)35-15-29-44-45(31-35)46(33-48(54-7)51(57)58)43-28-14-36(53(4,5)6)32-47(43)50(44)49-30-23-37(55(49)8)16-11-34-12-17-38(18-13-34)56(39-19-24-41(59-9)25-20-39)40-21-26-42(60-10)27-22-40/h11-33H,1-6,8-10H3,(H,57,58)/b16-11+,48-33-. The van der Waals surface area contributed by atoms with E-state index in [-0.39, 0.29) is 16.5 Å². The number of nitrogens with zero attached hydrogens (tertiary/aromatic N) is 3. The van der Waals surface area contributed by atoms with Crippen molar-refractivity contribution in [1.29, 1.82) is 0 Å². The third-order valence-corrected chi connectivity index (χ3v) is 11.2. The van der Waals surface area contributed by atoms with Crippen molar-refractivity contribution < 1.29 is 19.4 Å². The van der Waals surface area contributed by atoms with Gasteiger partial charge in [0.1, 0.15) is 11.5 Å². The summed E-state index contributed by atoms with van der Waals surface area (Å²) in [5.74, 6) is 0.348. The lowest BCUT2D eigenvalue weighted by atomic mass is 9.81. The van der Waals surface area contributed by atoms with Crippen molar-refractivity contribution in [3.63, 3.8) is 0 Å². The minimum Gasteiger partial charge on any atom is -0.497 e. The molecule has 0 aliphatic carbocycles. The van der Waals surface area contributed by atoms with Crippen molar-refractivity contribution in [1.82, 2.24) is 4.57 Å². The topological polar surface area (TPSA) is 68.3 Å². The third-order valence-electron chi connectivity index (χ3n) is 11.2. The van der Waals surface area contributed by atoms with Crippen molar-refractivity contribution in [3.8, 4) is 22.8 Å². The Morgan fingerprint density at radius 3 is 1.63 bits per heavy atom. The van der Waals surface area contributed by atoms with Crippen LogP contribution >= 0.6 is 0 Å². The summed E-state index contributed by atoms with van der Waals surface area (Å²) in [6.07, 6.45) is 5.81. The number of fused-ring (bicyclic) bond motifs is 2. The summed E-state index contributed by atoms with van der Waals surface area (Å²) in [7, 11) is 5.43. The van der Waals surface area contributed by atoms with E-state index in [0.717, 1.165) is 89.3 Å². The molecule has 302 valence electrons. The molecule has 1 aromatic heterocycles. The summed E-state index contributed by atoms with van der Waals surface area (Å²) in [6.45, 7) is 20.8. The average molecular weight is 794 g/mol. The minimum absolute atomic E-state index is 0.132. The van der Waals surface area contributed by atoms with Crippen molar-refractivity contribution in [2.45, 2.75) is 52.4 Å².